The Morgan fingerprint density at radius 3 is 2.32 bits per heavy atom. The topological polar surface area (TPSA) is 55.1 Å². The third-order valence-corrected chi connectivity index (χ3v) is 2.65. The van der Waals surface area contributed by atoms with E-state index in [-0.39, 0.29) is 0 Å². The van der Waals surface area contributed by atoms with Crippen LogP contribution in [-0.2, 0) is 6.54 Å². The molecule has 0 aliphatic heterocycles. The van der Waals surface area contributed by atoms with Gasteiger partial charge in [0.15, 0.2) is 11.6 Å². The number of nitrogens with one attached hydrogen (secondary N) is 1. The predicted molar refractivity (Wildman–Crippen MR) is 68.6 cm³/mol. The molecule has 0 spiro atoms. The fourth-order valence-electron chi connectivity index (χ4n) is 1.60. The van der Waals surface area contributed by atoms with Gasteiger partial charge in [0, 0.05) is 23.9 Å². The van der Waals surface area contributed by atoms with E-state index in [9.17, 15) is 13.6 Å². The average molecular weight is 262 g/mol. The molecule has 2 aromatic carbocycles. The van der Waals surface area contributed by atoms with Gasteiger partial charge in [-0.25, -0.2) is 8.78 Å². The van der Waals surface area contributed by atoms with Gasteiger partial charge in [-0.05, 0) is 29.8 Å². The van der Waals surface area contributed by atoms with Gasteiger partial charge in [-0.1, -0.05) is 12.1 Å². The number of hydrogen-bond donors (Lipinski definition) is 2. The molecule has 0 fully saturated rings. The van der Waals surface area contributed by atoms with E-state index in [1.165, 1.54) is 6.07 Å². The van der Waals surface area contributed by atoms with Crippen LogP contribution >= 0.6 is 0 Å². The van der Waals surface area contributed by atoms with Crippen molar-refractivity contribution >= 4 is 11.6 Å². The lowest BCUT2D eigenvalue weighted by Gasteiger charge is -2.07. The zero-order chi connectivity index (χ0) is 13.8. The first kappa shape index (κ1) is 13.0. The molecular weight excluding hydrogens is 250 g/mol. The van der Waals surface area contributed by atoms with Crippen molar-refractivity contribution in [2.24, 2.45) is 5.73 Å². The first-order chi connectivity index (χ1) is 9.06. The van der Waals surface area contributed by atoms with Crippen LogP contribution in [0.4, 0.5) is 14.5 Å². The molecule has 1 amide bonds. The number of carbonyl (C=O) groups is 1. The van der Waals surface area contributed by atoms with Crippen molar-refractivity contribution in [3.63, 3.8) is 0 Å². The van der Waals surface area contributed by atoms with Crippen LogP contribution in [-0.4, -0.2) is 5.91 Å². The first-order valence-electron chi connectivity index (χ1n) is 5.64. The molecule has 0 aliphatic carbocycles. The smallest absolute Gasteiger partial charge is 0.248 e. The highest BCUT2D eigenvalue weighted by molar-refractivity contribution is 5.92. The lowest BCUT2D eigenvalue weighted by atomic mass is 10.1. The number of benzene rings is 2. The standard InChI is InChI=1S/C14H12F2N2O/c15-12-6-5-11(7-13(12)16)18-8-9-1-3-10(4-2-9)14(17)19/h1-7,18H,8H2,(H2,17,19). The Morgan fingerprint density at radius 1 is 1.05 bits per heavy atom. The Hall–Kier alpha value is -2.43. The molecular formula is C14H12F2N2O. The molecule has 0 aromatic heterocycles. The van der Waals surface area contributed by atoms with Crippen LogP contribution in [0.3, 0.4) is 0 Å². The highest BCUT2D eigenvalue weighted by Crippen LogP contribution is 2.14. The lowest BCUT2D eigenvalue weighted by Crippen LogP contribution is -2.10. The second kappa shape index (κ2) is 5.48. The molecule has 98 valence electrons. The molecule has 3 nitrogen and oxygen atoms in total. The Morgan fingerprint density at radius 2 is 1.74 bits per heavy atom. The molecule has 0 atom stereocenters. The predicted octanol–water partition coefficient (Wildman–Crippen LogP) is 2.68. The maximum atomic E-state index is 13.0. The van der Waals surface area contributed by atoms with Gasteiger partial charge in [0.05, 0.1) is 0 Å². The Labute approximate surface area is 109 Å². The van der Waals surface area contributed by atoms with Gasteiger partial charge in [0.2, 0.25) is 5.91 Å². The third kappa shape index (κ3) is 3.28. The summed E-state index contributed by atoms with van der Waals surface area (Å²) >= 11 is 0. The molecule has 2 rings (SSSR count). The van der Waals surface area contributed by atoms with Crippen LogP contribution < -0.4 is 11.1 Å². The molecule has 0 saturated heterocycles. The van der Waals surface area contributed by atoms with Gasteiger partial charge < -0.3 is 11.1 Å². The van der Waals surface area contributed by atoms with Crippen LogP contribution in [0.5, 0.6) is 0 Å². The molecule has 0 radical (unpaired) electrons. The summed E-state index contributed by atoms with van der Waals surface area (Å²) in [6.07, 6.45) is 0. The van der Waals surface area contributed by atoms with Gasteiger partial charge in [-0.2, -0.15) is 0 Å². The molecule has 0 saturated carbocycles. The SMILES string of the molecule is NC(=O)c1ccc(CNc2ccc(F)c(F)c2)cc1. The summed E-state index contributed by atoms with van der Waals surface area (Å²) in [4.78, 5) is 10.9. The van der Waals surface area contributed by atoms with Crippen molar-refractivity contribution in [3.8, 4) is 0 Å². The summed E-state index contributed by atoms with van der Waals surface area (Å²) in [6.45, 7) is 0.435. The van der Waals surface area contributed by atoms with Crippen LogP contribution in [0.1, 0.15) is 15.9 Å². The van der Waals surface area contributed by atoms with E-state index in [2.05, 4.69) is 5.32 Å². The molecule has 0 bridgehead atoms. The quantitative estimate of drug-likeness (QED) is 0.890. The number of anilines is 1. The van der Waals surface area contributed by atoms with Crippen LogP contribution in [0.15, 0.2) is 42.5 Å². The molecule has 0 heterocycles. The number of rotatable bonds is 4. The van der Waals surface area contributed by atoms with Crippen molar-refractivity contribution in [3.05, 3.63) is 65.2 Å². The lowest BCUT2D eigenvalue weighted by molar-refractivity contribution is 0.100. The van der Waals surface area contributed by atoms with E-state index in [0.717, 1.165) is 17.7 Å². The zero-order valence-electron chi connectivity index (χ0n) is 9.99. The number of nitrogens with two attached hydrogens (primary N) is 1. The molecule has 3 N–H and O–H groups in total. The number of primary amides is 1. The summed E-state index contributed by atoms with van der Waals surface area (Å²) < 4.78 is 25.7. The fraction of sp³-hybridized carbons (Fsp3) is 0.0714. The van der Waals surface area contributed by atoms with Crippen molar-refractivity contribution < 1.29 is 13.6 Å². The molecule has 19 heavy (non-hydrogen) atoms. The van der Waals surface area contributed by atoms with Crippen LogP contribution in [0, 0.1) is 11.6 Å². The summed E-state index contributed by atoms with van der Waals surface area (Å²) in [6, 6.07) is 10.3. The summed E-state index contributed by atoms with van der Waals surface area (Å²) in [5.41, 5.74) is 6.94. The highest BCUT2D eigenvalue weighted by Gasteiger charge is 2.03. The largest absolute Gasteiger partial charge is 0.381 e. The van der Waals surface area contributed by atoms with Crippen molar-refractivity contribution in [2.75, 3.05) is 5.32 Å². The number of hydrogen-bond acceptors (Lipinski definition) is 2. The van der Waals surface area contributed by atoms with E-state index in [4.69, 9.17) is 5.73 Å². The fourth-order valence-corrected chi connectivity index (χ4v) is 1.60. The van der Waals surface area contributed by atoms with E-state index in [1.54, 1.807) is 24.3 Å². The van der Waals surface area contributed by atoms with Gasteiger partial charge in [0.1, 0.15) is 0 Å². The van der Waals surface area contributed by atoms with E-state index < -0.39 is 17.5 Å². The van der Waals surface area contributed by atoms with E-state index >= 15 is 0 Å². The Balaban J connectivity index is 2.01. The molecule has 5 heteroatoms. The van der Waals surface area contributed by atoms with E-state index in [0.29, 0.717) is 17.8 Å². The van der Waals surface area contributed by atoms with Gasteiger partial charge >= 0.3 is 0 Å². The van der Waals surface area contributed by atoms with Crippen LogP contribution in [0.25, 0.3) is 0 Å². The maximum Gasteiger partial charge on any atom is 0.248 e. The van der Waals surface area contributed by atoms with Gasteiger partial charge in [-0.3, -0.25) is 4.79 Å². The van der Waals surface area contributed by atoms with Gasteiger partial charge in [-0.15, -0.1) is 0 Å². The minimum atomic E-state index is -0.894. The Kier molecular flexibility index (Phi) is 3.75. The number of carbonyl (C=O) groups excluding carboxylic acids is 1. The third-order valence-electron chi connectivity index (χ3n) is 2.65. The monoisotopic (exact) mass is 262 g/mol. The highest BCUT2D eigenvalue weighted by atomic mass is 19.2. The summed E-state index contributed by atoms with van der Waals surface area (Å²) in [5, 5.41) is 2.95. The zero-order valence-corrected chi connectivity index (χ0v) is 9.99. The van der Waals surface area contributed by atoms with Crippen LogP contribution in [0.2, 0.25) is 0 Å². The minimum absolute atomic E-state index is 0.427. The number of amides is 1. The van der Waals surface area contributed by atoms with Gasteiger partial charge in [0.25, 0.3) is 0 Å². The Bertz CT molecular complexity index is 597. The molecule has 0 aliphatic rings. The molecule has 0 unspecified atom stereocenters. The second-order valence-corrected chi connectivity index (χ2v) is 4.04. The molecule has 2 aromatic rings. The summed E-state index contributed by atoms with van der Waals surface area (Å²) in [5.74, 6) is -2.26. The first-order valence-corrected chi connectivity index (χ1v) is 5.64. The van der Waals surface area contributed by atoms with Crippen molar-refractivity contribution in [2.45, 2.75) is 6.54 Å². The average Bonchev–Trinajstić information content (AvgIpc) is 2.40. The normalized spacial score (nSPS) is 10.2. The number of halogens is 2. The van der Waals surface area contributed by atoms with E-state index in [1.807, 2.05) is 0 Å². The maximum absolute atomic E-state index is 13.0. The van der Waals surface area contributed by atoms with Crippen molar-refractivity contribution in [1.29, 1.82) is 0 Å². The summed E-state index contributed by atoms with van der Waals surface area (Å²) in [7, 11) is 0. The van der Waals surface area contributed by atoms with Crippen molar-refractivity contribution in [1.82, 2.24) is 0 Å². The second-order valence-electron chi connectivity index (χ2n) is 4.04. The minimum Gasteiger partial charge on any atom is -0.381 e.